The average Bonchev–Trinajstić information content (AvgIpc) is 3.31. The smallest absolute Gasteiger partial charge is 0.395 e. The van der Waals surface area contributed by atoms with Crippen LogP contribution in [-0.4, -0.2) is 53.7 Å². The predicted molar refractivity (Wildman–Crippen MR) is 130 cm³/mol. The van der Waals surface area contributed by atoms with Gasteiger partial charge in [0, 0.05) is 29.7 Å². The highest BCUT2D eigenvalue weighted by atomic mass is 35.5. The third kappa shape index (κ3) is 6.96. The molecule has 0 amide bonds. The third-order valence-electron chi connectivity index (χ3n) is 6.88. The van der Waals surface area contributed by atoms with Crippen LogP contribution in [0.4, 0.5) is 13.2 Å². The Morgan fingerprint density at radius 3 is 2.43 bits per heavy atom. The summed E-state index contributed by atoms with van der Waals surface area (Å²) in [6.07, 6.45) is -1.49. The first-order valence-electron chi connectivity index (χ1n) is 12.2. The maximum atomic E-state index is 13.4. The minimum absolute atomic E-state index is 0.0574. The highest BCUT2D eigenvalue weighted by molar-refractivity contribution is 6.30. The Bertz CT molecular complexity index is 963. The summed E-state index contributed by atoms with van der Waals surface area (Å²) in [7, 11) is 0. The standard InChI is InChI=1S/C26H33ClF3N3O2/c1-2-21-12-24(13-22(31-21)10-17-6-4-3-5-7-17)33(25-32-23(15-34)16-35-25)14-18-8-19(26(28,29)30)11-20(27)9-18/h3-9,11,21-25,31-32,34H,2,10,12-16H2,1H3. The Hall–Kier alpha value is -1.68. The van der Waals surface area contributed by atoms with Crippen molar-refractivity contribution in [2.24, 2.45) is 0 Å². The Kier molecular flexibility index (Phi) is 8.73. The van der Waals surface area contributed by atoms with Gasteiger partial charge in [0.2, 0.25) is 0 Å². The van der Waals surface area contributed by atoms with Crippen molar-refractivity contribution in [1.82, 2.24) is 15.5 Å². The molecule has 5 atom stereocenters. The normalized spacial score (nSPS) is 27.5. The number of piperidine rings is 1. The maximum absolute atomic E-state index is 13.4. The maximum Gasteiger partial charge on any atom is 0.416 e. The van der Waals surface area contributed by atoms with E-state index in [9.17, 15) is 18.3 Å². The molecule has 5 nitrogen and oxygen atoms in total. The second kappa shape index (κ2) is 11.6. The van der Waals surface area contributed by atoms with Crippen LogP contribution in [0.15, 0.2) is 48.5 Å². The molecule has 9 heteroatoms. The molecular formula is C26H33ClF3N3O2. The predicted octanol–water partition coefficient (Wildman–Crippen LogP) is 4.57. The summed E-state index contributed by atoms with van der Waals surface area (Å²) in [5.74, 6) is 0. The summed E-state index contributed by atoms with van der Waals surface area (Å²) >= 11 is 6.08. The molecule has 35 heavy (non-hydrogen) atoms. The third-order valence-corrected chi connectivity index (χ3v) is 7.09. The number of alkyl halides is 3. The number of ether oxygens (including phenoxy) is 1. The fraction of sp³-hybridized carbons (Fsp3) is 0.538. The number of halogens is 4. The lowest BCUT2D eigenvalue weighted by Crippen LogP contribution is -2.57. The number of hydrogen-bond acceptors (Lipinski definition) is 5. The van der Waals surface area contributed by atoms with Gasteiger partial charge in [-0.2, -0.15) is 13.2 Å². The molecule has 4 rings (SSSR count). The largest absolute Gasteiger partial charge is 0.416 e. The minimum atomic E-state index is -4.47. The molecule has 2 fully saturated rings. The zero-order chi connectivity index (χ0) is 25.0. The van der Waals surface area contributed by atoms with E-state index in [0.29, 0.717) is 12.2 Å². The Labute approximate surface area is 209 Å². The summed E-state index contributed by atoms with van der Waals surface area (Å²) in [6, 6.07) is 14.4. The second-order valence-corrected chi connectivity index (χ2v) is 9.97. The SMILES string of the molecule is CCC1CC(N(Cc2cc(Cl)cc(C(F)(F)F)c2)C2NC(CO)CO2)CC(Cc2ccccc2)N1. The first-order valence-corrected chi connectivity index (χ1v) is 12.5. The summed E-state index contributed by atoms with van der Waals surface area (Å²) in [5, 5.41) is 16.7. The van der Waals surface area contributed by atoms with Gasteiger partial charge in [-0.15, -0.1) is 0 Å². The molecular weight excluding hydrogens is 479 g/mol. The van der Waals surface area contributed by atoms with E-state index in [-0.39, 0.29) is 42.3 Å². The molecule has 3 N–H and O–H groups in total. The van der Waals surface area contributed by atoms with Crippen LogP contribution in [0.3, 0.4) is 0 Å². The van der Waals surface area contributed by atoms with Crippen LogP contribution in [0.25, 0.3) is 0 Å². The van der Waals surface area contributed by atoms with Gasteiger partial charge in [-0.25, -0.2) is 0 Å². The van der Waals surface area contributed by atoms with Crippen molar-refractivity contribution in [3.05, 3.63) is 70.2 Å². The van der Waals surface area contributed by atoms with E-state index in [1.165, 1.54) is 5.56 Å². The van der Waals surface area contributed by atoms with E-state index < -0.39 is 18.1 Å². The monoisotopic (exact) mass is 511 g/mol. The number of aliphatic hydroxyl groups is 1. The van der Waals surface area contributed by atoms with E-state index in [0.717, 1.165) is 37.8 Å². The molecule has 0 spiro atoms. The van der Waals surface area contributed by atoms with E-state index >= 15 is 0 Å². The second-order valence-electron chi connectivity index (χ2n) is 9.53. The van der Waals surface area contributed by atoms with Crippen LogP contribution in [0, 0.1) is 0 Å². The molecule has 0 aliphatic carbocycles. The molecule has 192 valence electrons. The molecule has 2 saturated heterocycles. The van der Waals surface area contributed by atoms with E-state index in [1.54, 1.807) is 6.07 Å². The fourth-order valence-electron chi connectivity index (χ4n) is 5.14. The van der Waals surface area contributed by atoms with Crippen molar-refractivity contribution < 1.29 is 23.0 Å². The molecule has 2 aliphatic rings. The van der Waals surface area contributed by atoms with Crippen LogP contribution < -0.4 is 10.6 Å². The van der Waals surface area contributed by atoms with Crippen molar-refractivity contribution in [2.75, 3.05) is 13.2 Å². The molecule has 2 aromatic rings. The van der Waals surface area contributed by atoms with E-state index in [2.05, 4.69) is 34.6 Å². The van der Waals surface area contributed by atoms with Gasteiger partial charge in [-0.05, 0) is 55.0 Å². The summed E-state index contributed by atoms with van der Waals surface area (Å²) in [4.78, 5) is 2.10. The van der Waals surface area contributed by atoms with Crippen molar-refractivity contribution in [2.45, 2.75) is 75.8 Å². The lowest BCUT2D eigenvalue weighted by atomic mass is 9.88. The average molecular weight is 512 g/mol. The van der Waals surface area contributed by atoms with E-state index in [4.69, 9.17) is 16.3 Å². The topological polar surface area (TPSA) is 56.8 Å². The van der Waals surface area contributed by atoms with Gasteiger partial charge in [0.05, 0.1) is 24.8 Å². The van der Waals surface area contributed by atoms with Crippen molar-refractivity contribution >= 4 is 11.6 Å². The first kappa shape index (κ1) is 26.4. The van der Waals surface area contributed by atoms with Gasteiger partial charge >= 0.3 is 6.18 Å². The van der Waals surface area contributed by atoms with Gasteiger partial charge in [0.1, 0.15) is 0 Å². The number of rotatable bonds is 8. The van der Waals surface area contributed by atoms with Gasteiger partial charge < -0.3 is 15.2 Å². The quantitative estimate of drug-likeness (QED) is 0.485. The first-order chi connectivity index (χ1) is 16.7. The number of benzene rings is 2. The highest BCUT2D eigenvalue weighted by Gasteiger charge is 2.38. The molecule has 2 heterocycles. The van der Waals surface area contributed by atoms with Crippen LogP contribution in [0.5, 0.6) is 0 Å². The molecule has 0 saturated carbocycles. The number of aliphatic hydroxyl groups excluding tert-OH is 1. The number of nitrogens with one attached hydrogen (secondary N) is 2. The van der Waals surface area contributed by atoms with Crippen molar-refractivity contribution in [3.8, 4) is 0 Å². The zero-order valence-electron chi connectivity index (χ0n) is 19.8. The number of hydrogen-bond donors (Lipinski definition) is 3. The Balaban J connectivity index is 1.60. The fourth-order valence-corrected chi connectivity index (χ4v) is 5.40. The van der Waals surface area contributed by atoms with Gasteiger partial charge in [-0.1, -0.05) is 48.9 Å². The summed E-state index contributed by atoms with van der Waals surface area (Å²) in [6.45, 7) is 2.66. The molecule has 0 aromatic heterocycles. The van der Waals surface area contributed by atoms with Crippen LogP contribution in [-0.2, 0) is 23.9 Å². The summed E-state index contributed by atoms with van der Waals surface area (Å²) < 4.78 is 46.3. The molecule has 2 aromatic carbocycles. The summed E-state index contributed by atoms with van der Waals surface area (Å²) in [5.41, 5.74) is 0.966. The minimum Gasteiger partial charge on any atom is -0.395 e. The molecule has 5 unspecified atom stereocenters. The molecule has 0 radical (unpaired) electrons. The van der Waals surface area contributed by atoms with Gasteiger partial charge in [0.25, 0.3) is 0 Å². The number of nitrogens with zero attached hydrogens (tertiary/aromatic N) is 1. The lowest BCUT2D eigenvalue weighted by Gasteiger charge is -2.44. The Morgan fingerprint density at radius 1 is 1.03 bits per heavy atom. The van der Waals surface area contributed by atoms with Crippen molar-refractivity contribution in [1.29, 1.82) is 0 Å². The zero-order valence-corrected chi connectivity index (χ0v) is 20.5. The highest BCUT2D eigenvalue weighted by Crippen LogP contribution is 2.33. The van der Waals surface area contributed by atoms with Gasteiger partial charge in [0.15, 0.2) is 6.35 Å². The molecule has 0 bridgehead atoms. The molecule has 2 aliphatic heterocycles. The van der Waals surface area contributed by atoms with Gasteiger partial charge in [-0.3, -0.25) is 10.2 Å². The van der Waals surface area contributed by atoms with E-state index in [1.807, 2.05) is 18.2 Å². The van der Waals surface area contributed by atoms with Crippen LogP contribution >= 0.6 is 11.6 Å². The van der Waals surface area contributed by atoms with Crippen LogP contribution in [0.1, 0.15) is 42.9 Å². The van der Waals surface area contributed by atoms with Crippen molar-refractivity contribution in [3.63, 3.8) is 0 Å². The Morgan fingerprint density at radius 2 is 1.77 bits per heavy atom. The van der Waals surface area contributed by atoms with Crippen LogP contribution in [0.2, 0.25) is 5.02 Å². The lowest BCUT2D eigenvalue weighted by molar-refractivity contribution is -0.137.